The molecule has 1 saturated heterocycles. The van der Waals surface area contributed by atoms with Gasteiger partial charge in [-0.3, -0.25) is 9.59 Å². The van der Waals surface area contributed by atoms with Crippen molar-refractivity contribution in [3.8, 4) is 5.75 Å². The van der Waals surface area contributed by atoms with Crippen molar-refractivity contribution < 1.29 is 39.5 Å². The third-order valence-electron chi connectivity index (χ3n) is 7.86. The van der Waals surface area contributed by atoms with E-state index in [4.69, 9.17) is 14.6 Å². The summed E-state index contributed by atoms with van der Waals surface area (Å²) < 4.78 is 12.9. The number of aromatic hydroxyl groups is 1. The number of nitrogens with zero attached hydrogens (tertiary/aromatic N) is 1. The average Bonchev–Trinajstić information content (AvgIpc) is 3.02. The maximum absolute atomic E-state index is 12.6. The van der Waals surface area contributed by atoms with Crippen LogP contribution in [-0.4, -0.2) is 63.4 Å². The van der Waals surface area contributed by atoms with Crippen molar-refractivity contribution >= 4 is 17.6 Å². The topological polar surface area (TPSA) is 149 Å². The number of benzene rings is 3. The van der Waals surface area contributed by atoms with Crippen LogP contribution in [0.1, 0.15) is 85.7 Å². The minimum absolute atomic E-state index is 0.0459. The van der Waals surface area contributed by atoms with Crippen molar-refractivity contribution in [1.29, 1.82) is 0 Å². The zero-order chi connectivity index (χ0) is 32.2. The van der Waals surface area contributed by atoms with E-state index >= 15 is 0 Å². The van der Waals surface area contributed by atoms with E-state index in [2.05, 4.69) is 5.32 Å². The summed E-state index contributed by atoms with van der Waals surface area (Å²) in [6, 6.07) is 21.6. The first kappa shape index (κ1) is 34.1. The summed E-state index contributed by atoms with van der Waals surface area (Å²) in [5.41, 5.74) is 3.79. The van der Waals surface area contributed by atoms with Gasteiger partial charge in [0.2, 0.25) is 5.91 Å². The first-order chi connectivity index (χ1) is 21.7. The van der Waals surface area contributed by atoms with Crippen molar-refractivity contribution in [2.24, 2.45) is 0 Å². The molecule has 10 nitrogen and oxygen atoms in total. The van der Waals surface area contributed by atoms with E-state index in [0.29, 0.717) is 50.0 Å². The van der Waals surface area contributed by atoms with Crippen LogP contribution < -0.4 is 5.32 Å². The molecule has 3 aromatic rings. The second kappa shape index (κ2) is 17.0. The van der Waals surface area contributed by atoms with E-state index in [1.165, 1.54) is 0 Å². The van der Waals surface area contributed by atoms with E-state index in [-0.39, 0.29) is 36.9 Å². The normalized spacial score (nSPS) is 18.9. The van der Waals surface area contributed by atoms with Crippen LogP contribution in [0.3, 0.4) is 0 Å². The first-order valence-corrected chi connectivity index (χ1v) is 15.5. The highest BCUT2D eigenvalue weighted by atomic mass is 16.7. The summed E-state index contributed by atoms with van der Waals surface area (Å²) >= 11 is 0. The molecule has 0 radical (unpaired) electrons. The largest absolute Gasteiger partial charge is 0.508 e. The molecule has 0 saturated carbocycles. The number of carboxylic acid groups (broad SMARTS) is 1. The number of phenolic OH excluding ortho intramolecular Hbond substituents is 1. The summed E-state index contributed by atoms with van der Waals surface area (Å²) in [5, 5.41) is 41.8. The molecule has 0 bridgehead atoms. The number of unbranched alkanes of at least 4 members (excludes halogenated alkanes) is 3. The van der Waals surface area contributed by atoms with Gasteiger partial charge in [0.25, 0.3) is 0 Å². The van der Waals surface area contributed by atoms with Crippen LogP contribution in [0.15, 0.2) is 72.8 Å². The van der Waals surface area contributed by atoms with E-state index < -0.39 is 18.4 Å². The van der Waals surface area contributed by atoms with Crippen LogP contribution in [0.4, 0.5) is 5.69 Å². The number of phenols is 1. The van der Waals surface area contributed by atoms with Gasteiger partial charge in [0.05, 0.1) is 24.9 Å². The smallest absolute Gasteiger partial charge is 0.303 e. The number of nitrogens with one attached hydrogen (secondary N) is 1. The van der Waals surface area contributed by atoms with Gasteiger partial charge in [0.1, 0.15) is 5.75 Å². The summed E-state index contributed by atoms with van der Waals surface area (Å²) in [6.45, 7) is 0.811. The molecule has 1 aliphatic heterocycles. The van der Waals surface area contributed by atoms with E-state index in [9.17, 15) is 24.9 Å². The van der Waals surface area contributed by atoms with Gasteiger partial charge in [-0.2, -0.15) is 0 Å². The molecule has 0 aliphatic carbocycles. The Morgan fingerprint density at radius 3 is 2.38 bits per heavy atom. The number of ether oxygens (including phenoxy) is 2. The van der Waals surface area contributed by atoms with Gasteiger partial charge in [-0.25, -0.2) is 0 Å². The van der Waals surface area contributed by atoms with E-state index in [0.717, 1.165) is 29.5 Å². The fourth-order valence-corrected chi connectivity index (χ4v) is 5.49. The average molecular weight is 621 g/mol. The molecule has 1 aliphatic rings. The number of aliphatic carboxylic acids is 1. The summed E-state index contributed by atoms with van der Waals surface area (Å²) in [5.74, 6) is -0.805. The number of aliphatic hydroxyl groups excluding tert-OH is 2. The Morgan fingerprint density at radius 1 is 0.933 bits per heavy atom. The quantitative estimate of drug-likeness (QED) is 0.132. The minimum Gasteiger partial charge on any atom is -0.508 e. The number of aliphatic hydroxyl groups is 2. The van der Waals surface area contributed by atoms with Crippen molar-refractivity contribution in [3.63, 3.8) is 0 Å². The minimum atomic E-state index is -0.799. The van der Waals surface area contributed by atoms with Crippen LogP contribution in [-0.2, 0) is 25.7 Å². The Kier molecular flexibility index (Phi) is 12.9. The van der Waals surface area contributed by atoms with Crippen molar-refractivity contribution in [3.05, 3.63) is 95.1 Å². The lowest BCUT2D eigenvalue weighted by Gasteiger charge is -2.38. The predicted octanol–water partition coefficient (Wildman–Crippen LogP) is 5.46. The van der Waals surface area contributed by atoms with E-state index in [1.54, 1.807) is 24.3 Å². The van der Waals surface area contributed by atoms with Gasteiger partial charge >= 0.3 is 5.97 Å². The van der Waals surface area contributed by atoms with Gasteiger partial charge < -0.3 is 40.1 Å². The molecule has 0 spiro atoms. The van der Waals surface area contributed by atoms with Crippen molar-refractivity contribution in [2.75, 3.05) is 25.5 Å². The number of carbonyl (C=O) groups excluding carboxylic acids is 1. The Labute approximate surface area is 264 Å². The molecule has 0 aromatic heterocycles. The number of hydrogen-bond acceptors (Lipinski definition) is 8. The van der Waals surface area contributed by atoms with Gasteiger partial charge in [0.15, 0.2) is 6.29 Å². The second-order valence-electron chi connectivity index (χ2n) is 11.7. The standard InChI is InChI=1S/C35H44N2O8/c1-37(22-31(40)26-8-7-11-29(39)19-26)21-30-20-32(25-16-14-24(23-38)15-17-25)45-35(44-30)27-9-6-10-28(18-27)36-33(41)12-4-2-3-5-13-34(42)43/h6-11,14-19,30-32,35,38-40H,2-5,12-13,20-23H2,1H3,(H,36,41)(H,42,43)/t30-,31-,32+,35+/m1/s1. The zero-order valence-corrected chi connectivity index (χ0v) is 25.7. The first-order valence-electron chi connectivity index (χ1n) is 15.5. The number of rotatable bonds is 16. The Bertz CT molecular complexity index is 1380. The van der Waals surface area contributed by atoms with Gasteiger partial charge in [-0.05, 0) is 60.8 Å². The van der Waals surface area contributed by atoms with Crippen molar-refractivity contribution in [2.45, 2.75) is 76.2 Å². The third kappa shape index (κ3) is 10.9. The highest BCUT2D eigenvalue weighted by Crippen LogP contribution is 2.38. The summed E-state index contributed by atoms with van der Waals surface area (Å²) in [7, 11) is 1.91. The molecule has 4 rings (SSSR count). The van der Waals surface area contributed by atoms with Crippen LogP contribution in [0.25, 0.3) is 0 Å². The number of carbonyl (C=O) groups is 2. The molecule has 45 heavy (non-hydrogen) atoms. The van der Waals surface area contributed by atoms with E-state index in [1.807, 2.05) is 60.5 Å². The van der Waals surface area contributed by atoms with Crippen LogP contribution in [0, 0.1) is 0 Å². The Balaban J connectivity index is 1.41. The van der Waals surface area contributed by atoms with Gasteiger partial charge in [0, 0.05) is 43.6 Å². The number of likely N-dealkylation sites (N-methyl/N-ethyl adjacent to an activating group) is 1. The fourth-order valence-electron chi connectivity index (χ4n) is 5.49. The van der Waals surface area contributed by atoms with Crippen LogP contribution in [0.5, 0.6) is 5.75 Å². The molecule has 4 atom stereocenters. The highest BCUT2D eigenvalue weighted by molar-refractivity contribution is 5.90. The SMILES string of the molecule is CN(C[C@H]1C[C@@H](c2ccc(CO)cc2)O[C@@H](c2cccc(NC(=O)CCCCCCC(=O)O)c2)O1)C[C@@H](O)c1cccc(O)c1. The summed E-state index contributed by atoms with van der Waals surface area (Å²) in [6.07, 6.45) is 1.92. The van der Waals surface area contributed by atoms with Crippen molar-refractivity contribution in [1.82, 2.24) is 4.90 Å². The van der Waals surface area contributed by atoms with Gasteiger partial charge in [-0.1, -0.05) is 61.4 Å². The maximum atomic E-state index is 12.6. The third-order valence-corrected chi connectivity index (χ3v) is 7.86. The fraction of sp³-hybridized carbons (Fsp3) is 0.429. The molecule has 3 aromatic carbocycles. The number of carboxylic acids is 1. The number of anilines is 1. The molecular formula is C35H44N2O8. The molecule has 242 valence electrons. The Morgan fingerprint density at radius 2 is 1.67 bits per heavy atom. The number of amides is 1. The molecule has 5 N–H and O–H groups in total. The highest BCUT2D eigenvalue weighted by Gasteiger charge is 2.33. The molecule has 1 heterocycles. The molecule has 0 unspecified atom stereocenters. The predicted molar refractivity (Wildman–Crippen MR) is 169 cm³/mol. The molecule has 1 amide bonds. The molecule has 1 fully saturated rings. The lowest BCUT2D eigenvalue weighted by Crippen LogP contribution is -2.39. The molecular weight excluding hydrogens is 576 g/mol. The monoisotopic (exact) mass is 620 g/mol. The van der Waals surface area contributed by atoms with Crippen LogP contribution >= 0.6 is 0 Å². The zero-order valence-electron chi connectivity index (χ0n) is 25.7. The lowest BCUT2D eigenvalue weighted by atomic mass is 9.99. The maximum Gasteiger partial charge on any atom is 0.303 e. The molecule has 10 heteroatoms. The summed E-state index contributed by atoms with van der Waals surface area (Å²) in [4.78, 5) is 25.2. The van der Waals surface area contributed by atoms with Crippen LogP contribution in [0.2, 0.25) is 0 Å². The second-order valence-corrected chi connectivity index (χ2v) is 11.7. The Hall–Kier alpha value is -3.80. The lowest BCUT2D eigenvalue weighted by molar-refractivity contribution is -0.252. The van der Waals surface area contributed by atoms with Gasteiger partial charge in [-0.15, -0.1) is 0 Å². The number of hydrogen-bond donors (Lipinski definition) is 5.